The van der Waals surface area contributed by atoms with E-state index < -0.39 is 11.9 Å². The summed E-state index contributed by atoms with van der Waals surface area (Å²) in [6.07, 6.45) is -0.174. The highest BCUT2D eigenvalue weighted by molar-refractivity contribution is 5.92. The zero-order valence-electron chi connectivity index (χ0n) is 9.19. The number of nitrogens with two attached hydrogens (primary N) is 1. The van der Waals surface area contributed by atoms with Crippen LogP contribution in [0.3, 0.4) is 0 Å². The molecule has 0 heterocycles. The molecule has 0 unspecified atom stereocenters. The van der Waals surface area contributed by atoms with Crippen molar-refractivity contribution in [2.75, 3.05) is 7.11 Å². The molecule has 0 atom stereocenters. The molecule has 1 amide bonds. The van der Waals surface area contributed by atoms with Gasteiger partial charge >= 0.3 is 5.97 Å². The highest BCUT2D eigenvalue weighted by atomic mass is 16.5. The van der Waals surface area contributed by atoms with Crippen LogP contribution in [0.25, 0.3) is 0 Å². The fraction of sp³-hybridized carbons (Fsp3) is 0.167. The number of aliphatic carboxylic acids is 1. The minimum Gasteiger partial charge on any atom is -0.497 e. The van der Waals surface area contributed by atoms with Crippen molar-refractivity contribution in [3.8, 4) is 17.6 Å². The number of rotatable bonds is 3. The summed E-state index contributed by atoms with van der Waals surface area (Å²) >= 11 is 0. The molecule has 3 N–H and O–H groups in total. The molecule has 0 radical (unpaired) electrons. The molecule has 1 aromatic rings. The fourth-order valence-corrected chi connectivity index (χ4v) is 1.24. The zero-order chi connectivity index (χ0) is 12.8. The number of carbonyl (C=O) groups excluding carboxylic acids is 1. The lowest BCUT2D eigenvalue weighted by atomic mass is 10.0. The van der Waals surface area contributed by atoms with E-state index in [2.05, 4.69) is 11.8 Å². The first-order valence-electron chi connectivity index (χ1n) is 4.73. The molecule has 0 aliphatic heterocycles. The monoisotopic (exact) mass is 233 g/mol. The summed E-state index contributed by atoms with van der Waals surface area (Å²) in [6.45, 7) is 0. The Balaban J connectivity index is 3.17. The molecule has 0 aliphatic carbocycles. The molecule has 0 spiro atoms. The molecular weight excluding hydrogens is 222 g/mol. The first-order chi connectivity index (χ1) is 8.02. The minimum absolute atomic E-state index is 0.174. The van der Waals surface area contributed by atoms with E-state index in [1.165, 1.54) is 7.11 Å². The maximum absolute atomic E-state index is 10.6. The van der Waals surface area contributed by atoms with E-state index in [1.54, 1.807) is 18.2 Å². The van der Waals surface area contributed by atoms with E-state index >= 15 is 0 Å². The van der Waals surface area contributed by atoms with Crippen LogP contribution >= 0.6 is 0 Å². The van der Waals surface area contributed by atoms with Crippen molar-refractivity contribution < 1.29 is 19.4 Å². The summed E-state index contributed by atoms with van der Waals surface area (Å²) in [5.74, 6) is 3.48. The summed E-state index contributed by atoms with van der Waals surface area (Å²) in [4.78, 5) is 21.2. The summed E-state index contributed by atoms with van der Waals surface area (Å²) in [7, 11) is 1.48. The molecule has 0 aliphatic rings. The minimum atomic E-state index is -0.975. The molecule has 5 heteroatoms. The predicted molar refractivity (Wildman–Crippen MR) is 60.4 cm³/mol. The van der Waals surface area contributed by atoms with Gasteiger partial charge in [-0.05, 0) is 23.6 Å². The van der Waals surface area contributed by atoms with Gasteiger partial charge in [0, 0.05) is 5.56 Å². The topological polar surface area (TPSA) is 89.6 Å². The van der Waals surface area contributed by atoms with Gasteiger partial charge in [0.1, 0.15) is 5.75 Å². The van der Waals surface area contributed by atoms with E-state index in [0.29, 0.717) is 16.9 Å². The zero-order valence-corrected chi connectivity index (χ0v) is 9.19. The van der Waals surface area contributed by atoms with Crippen LogP contribution in [-0.4, -0.2) is 24.1 Å². The van der Waals surface area contributed by atoms with Crippen LogP contribution in [0.2, 0.25) is 0 Å². The van der Waals surface area contributed by atoms with Gasteiger partial charge in [0.05, 0.1) is 13.5 Å². The van der Waals surface area contributed by atoms with Gasteiger partial charge in [-0.2, -0.15) is 0 Å². The van der Waals surface area contributed by atoms with Crippen molar-refractivity contribution in [3.63, 3.8) is 0 Å². The second-order valence-electron chi connectivity index (χ2n) is 3.21. The van der Waals surface area contributed by atoms with Crippen molar-refractivity contribution in [1.82, 2.24) is 0 Å². The van der Waals surface area contributed by atoms with E-state index in [-0.39, 0.29) is 6.42 Å². The number of benzene rings is 1. The molecule has 0 fully saturated rings. The number of ether oxygens (including phenoxy) is 1. The molecule has 5 nitrogen and oxygen atoms in total. The lowest BCUT2D eigenvalue weighted by molar-refractivity contribution is -0.136. The molecule has 1 aromatic carbocycles. The first kappa shape index (κ1) is 12.6. The van der Waals surface area contributed by atoms with Crippen molar-refractivity contribution in [3.05, 3.63) is 29.3 Å². The van der Waals surface area contributed by atoms with Gasteiger partial charge in [0.2, 0.25) is 0 Å². The van der Waals surface area contributed by atoms with Crippen LogP contribution in [0, 0.1) is 11.8 Å². The third kappa shape index (κ3) is 3.87. The Bertz CT molecular complexity index is 511. The smallest absolute Gasteiger partial charge is 0.307 e. The van der Waals surface area contributed by atoms with Crippen LogP contribution in [0.1, 0.15) is 11.1 Å². The number of primary amides is 1. The van der Waals surface area contributed by atoms with E-state index in [9.17, 15) is 9.59 Å². The van der Waals surface area contributed by atoms with Crippen molar-refractivity contribution in [2.24, 2.45) is 5.73 Å². The lowest BCUT2D eigenvalue weighted by Gasteiger charge is -2.04. The molecular formula is C12H11NO4. The van der Waals surface area contributed by atoms with Crippen molar-refractivity contribution >= 4 is 11.9 Å². The van der Waals surface area contributed by atoms with Crippen molar-refractivity contribution in [1.29, 1.82) is 0 Å². The number of carboxylic acid groups (broad SMARTS) is 1. The molecule has 0 saturated heterocycles. The van der Waals surface area contributed by atoms with Gasteiger partial charge in [0.25, 0.3) is 5.91 Å². The number of carboxylic acids is 1. The highest BCUT2D eigenvalue weighted by Crippen LogP contribution is 2.17. The number of carbonyl (C=O) groups is 2. The Morgan fingerprint density at radius 3 is 2.71 bits per heavy atom. The highest BCUT2D eigenvalue weighted by Gasteiger charge is 2.06. The number of amides is 1. The van der Waals surface area contributed by atoms with Gasteiger partial charge in [-0.25, -0.2) is 0 Å². The van der Waals surface area contributed by atoms with E-state index in [0.717, 1.165) is 0 Å². The molecule has 17 heavy (non-hydrogen) atoms. The van der Waals surface area contributed by atoms with Crippen LogP contribution < -0.4 is 10.5 Å². The maximum atomic E-state index is 10.6. The number of methoxy groups -OCH3 is 1. The molecule has 88 valence electrons. The van der Waals surface area contributed by atoms with Gasteiger partial charge < -0.3 is 15.6 Å². The van der Waals surface area contributed by atoms with Crippen LogP contribution in [0.5, 0.6) is 5.75 Å². The Morgan fingerprint density at radius 1 is 1.47 bits per heavy atom. The van der Waals surface area contributed by atoms with Crippen LogP contribution in [-0.2, 0) is 16.0 Å². The molecule has 0 saturated carbocycles. The molecule has 0 bridgehead atoms. The quantitative estimate of drug-likeness (QED) is 0.728. The first-order valence-corrected chi connectivity index (χ1v) is 4.73. The maximum Gasteiger partial charge on any atom is 0.307 e. The molecule has 0 aromatic heterocycles. The average molecular weight is 233 g/mol. The third-order valence-electron chi connectivity index (χ3n) is 1.98. The summed E-state index contributed by atoms with van der Waals surface area (Å²) in [6, 6.07) is 4.79. The van der Waals surface area contributed by atoms with Crippen LogP contribution in [0.15, 0.2) is 18.2 Å². The second-order valence-corrected chi connectivity index (χ2v) is 3.21. The standard InChI is InChI=1S/C12H11NO4/c1-17-10-4-2-9(7-12(15)16)8(6-10)3-5-11(13)14/h2,4,6H,7H2,1H3,(H2,13,14)(H,15,16). The van der Waals surface area contributed by atoms with Gasteiger partial charge in [-0.1, -0.05) is 12.0 Å². The Labute approximate surface area is 98.2 Å². The lowest BCUT2D eigenvalue weighted by Crippen LogP contribution is -2.07. The largest absolute Gasteiger partial charge is 0.497 e. The Hall–Kier alpha value is -2.48. The second kappa shape index (κ2) is 5.56. The predicted octanol–water partition coefficient (Wildman–Crippen LogP) is 0.159. The third-order valence-corrected chi connectivity index (χ3v) is 1.98. The SMILES string of the molecule is COc1ccc(CC(=O)O)c(C#CC(N)=O)c1. The summed E-state index contributed by atoms with van der Waals surface area (Å²) < 4.78 is 4.99. The van der Waals surface area contributed by atoms with Crippen LogP contribution in [0.4, 0.5) is 0 Å². The number of hydrogen-bond donors (Lipinski definition) is 2. The molecule has 1 rings (SSSR count). The fourth-order valence-electron chi connectivity index (χ4n) is 1.24. The average Bonchev–Trinajstić information content (AvgIpc) is 2.27. The number of hydrogen-bond acceptors (Lipinski definition) is 3. The Morgan fingerprint density at radius 2 is 2.18 bits per heavy atom. The normalized spacial score (nSPS) is 9.00. The van der Waals surface area contributed by atoms with E-state index in [1.807, 2.05) is 0 Å². The van der Waals surface area contributed by atoms with Gasteiger partial charge in [-0.3, -0.25) is 9.59 Å². The Kier molecular flexibility index (Phi) is 4.12. The van der Waals surface area contributed by atoms with E-state index in [4.69, 9.17) is 15.6 Å². The van der Waals surface area contributed by atoms with Crippen molar-refractivity contribution in [2.45, 2.75) is 6.42 Å². The summed E-state index contributed by atoms with van der Waals surface area (Å²) in [5.41, 5.74) is 5.83. The van der Waals surface area contributed by atoms with Gasteiger partial charge in [0.15, 0.2) is 0 Å². The summed E-state index contributed by atoms with van der Waals surface area (Å²) in [5, 5.41) is 8.72. The van der Waals surface area contributed by atoms with Gasteiger partial charge in [-0.15, -0.1) is 0 Å².